The smallest absolute Gasteiger partial charge is 0.410 e. The lowest BCUT2D eigenvalue weighted by Gasteiger charge is -2.40. The van der Waals surface area contributed by atoms with Crippen LogP contribution in [0.1, 0.15) is 33.6 Å². The molecule has 0 radical (unpaired) electrons. The van der Waals surface area contributed by atoms with E-state index in [-0.39, 0.29) is 24.1 Å². The summed E-state index contributed by atoms with van der Waals surface area (Å²) in [4.78, 5) is 27.5. The SMILES string of the molecule is C=CC(=O)N1[C@@H]2CC[C@H]1CN(C(=O)OC(C)(C)C)C2. The molecule has 5 heteroatoms. The molecule has 0 aromatic carbocycles. The lowest BCUT2D eigenvalue weighted by atomic mass is 10.2. The molecule has 19 heavy (non-hydrogen) atoms. The number of hydrogen-bond donors (Lipinski definition) is 0. The Morgan fingerprint density at radius 1 is 1.21 bits per heavy atom. The predicted octanol–water partition coefficient (Wildman–Crippen LogP) is 1.78. The van der Waals surface area contributed by atoms with Crippen molar-refractivity contribution in [2.45, 2.75) is 51.3 Å². The van der Waals surface area contributed by atoms with Crippen LogP contribution < -0.4 is 0 Å². The van der Waals surface area contributed by atoms with Gasteiger partial charge in [-0.1, -0.05) is 6.58 Å². The van der Waals surface area contributed by atoms with E-state index in [9.17, 15) is 9.59 Å². The number of nitrogens with zero attached hydrogens (tertiary/aromatic N) is 2. The number of ether oxygens (including phenoxy) is 1. The normalized spacial score (nSPS) is 26.3. The zero-order chi connectivity index (χ0) is 14.2. The standard InChI is InChI=1S/C14H22N2O3/c1-5-12(17)16-10-6-7-11(16)9-15(8-10)13(18)19-14(2,3)4/h5,10-11H,1,6-9H2,2-4H3/t10-,11+. The molecule has 2 saturated heterocycles. The van der Waals surface area contributed by atoms with Crippen molar-refractivity contribution in [2.75, 3.05) is 13.1 Å². The largest absolute Gasteiger partial charge is 0.444 e. The maximum absolute atomic E-state index is 12.1. The molecule has 2 atom stereocenters. The summed E-state index contributed by atoms with van der Waals surface area (Å²) in [7, 11) is 0. The van der Waals surface area contributed by atoms with Crippen LogP contribution in [-0.4, -0.2) is 52.6 Å². The zero-order valence-corrected chi connectivity index (χ0v) is 11.9. The first-order valence-electron chi connectivity index (χ1n) is 6.74. The minimum Gasteiger partial charge on any atom is -0.444 e. The fraction of sp³-hybridized carbons (Fsp3) is 0.714. The van der Waals surface area contributed by atoms with Crippen LogP contribution in [0.5, 0.6) is 0 Å². The van der Waals surface area contributed by atoms with Crippen LogP contribution in [-0.2, 0) is 9.53 Å². The van der Waals surface area contributed by atoms with Gasteiger partial charge in [0.05, 0.1) is 12.1 Å². The molecule has 2 amide bonds. The Morgan fingerprint density at radius 2 is 1.74 bits per heavy atom. The molecule has 2 aliphatic heterocycles. The van der Waals surface area contributed by atoms with Crippen LogP contribution in [0.2, 0.25) is 0 Å². The Labute approximate surface area is 114 Å². The van der Waals surface area contributed by atoms with Gasteiger partial charge in [0.15, 0.2) is 0 Å². The van der Waals surface area contributed by atoms with E-state index >= 15 is 0 Å². The van der Waals surface area contributed by atoms with E-state index in [0.29, 0.717) is 13.1 Å². The molecule has 2 heterocycles. The second-order valence-electron chi connectivity index (χ2n) is 6.22. The van der Waals surface area contributed by atoms with Crippen LogP contribution in [0.15, 0.2) is 12.7 Å². The van der Waals surface area contributed by atoms with Crippen LogP contribution >= 0.6 is 0 Å². The molecule has 2 aliphatic rings. The lowest BCUT2D eigenvalue weighted by Crippen LogP contribution is -2.57. The molecule has 0 saturated carbocycles. The summed E-state index contributed by atoms with van der Waals surface area (Å²) in [5, 5.41) is 0. The van der Waals surface area contributed by atoms with Crippen molar-refractivity contribution in [2.24, 2.45) is 0 Å². The highest BCUT2D eigenvalue weighted by molar-refractivity contribution is 5.88. The number of carbonyl (C=O) groups excluding carboxylic acids is 2. The molecular weight excluding hydrogens is 244 g/mol. The highest BCUT2D eigenvalue weighted by Gasteiger charge is 2.43. The van der Waals surface area contributed by atoms with Gasteiger partial charge < -0.3 is 14.5 Å². The maximum Gasteiger partial charge on any atom is 0.410 e. The van der Waals surface area contributed by atoms with Gasteiger partial charge in [-0.25, -0.2) is 4.79 Å². The van der Waals surface area contributed by atoms with E-state index in [1.807, 2.05) is 25.7 Å². The van der Waals surface area contributed by atoms with E-state index in [4.69, 9.17) is 4.74 Å². The van der Waals surface area contributed by atoms with Gasteiger partial charge in [-0.05, 0) is 39.7 Å². The number of rotatable bonds is 1. The summed E-state index contributed by atoms with van der Waals surface area (Å²) < 4.78 is 5.39. The Hall–Kier alpha value is -1.52. The van der Waals surface area contributed by atoms with Crippen LogP contribution in [0.3, 0.4) is 0 Å². The first kappa shape index (κ1) is 13.9. The topological polar surface area (TPSA) is 49.9 Å². The number of carbonyl (C=O) groups is 2. The third-order valence-corrected chi connectivity index (χ3v) is 3.56. The first-order chi connectivity index (χ1) is 8.81. The Kier molecular flexibility index (Phi) is 3.56. The Balaban J connectivity index is 2.02. The summed E-state index contributed by atoms with van der Waals surface area (Å²) in [6.45, 7) is 10.2. The van der Waals surface area contributed by atoms with E-state index in [2.05, 4.69) is 6.58 Å². The van der Waals surface area contributed by atoms with Gasteiger partial charge in [0, 0.05) is 13.1 Å². The molecular formula is C14H22N2O3. The number of piperazine rings is 1. The quantitative estimate of drug-likeness (QED) is 0.680. The van der Waals surface area contributed by atoms with Gasteiger partial charge in [-0.2, -0.15) is 0 Å². The minimum atomic E-state index is -0.482. The summed E-state index contributed by atoms with van der Waals surface area (Å²) in [5.74, 6) is -0.0312. The van der Waals surface area contributed by atoms with E-state index in [1.165, 1.54) is 6.08 Å². The first-order valence-corrected chi connectivity index (χ1v) is 6.74. The molecule has 2 fully saturated rings. The average molecular weight is 266 g/mol. The summed E-state index contributed by atoms with van der Waals surface area (Å²) in [5.41, 5.74) is -0.482. The summed E-state index contributed by atoms with van der Waals surface area (Å²) in [6, 6.07) is 0.216. The number of likely N-dealkylation sites (tertiary alicyclic amines) is 1. The van der Waals surface area contributed by atoms with Crippen molar-refractivity contribution in [3.63, 3.8) is 0 Å². The molecule has 0 aliphatic carbocycles. The number of amides is 2. The summed E-state index contributed by atoms with van der Waals surface area (Å²) >= 11 is 0. The fourth-order valence-electron chi connectivity index (χ4n) is 2.84. The van der Waals surface area contributed by atoms with E-state index in [0.717, 1.165) is 12.8 Å². The molecule has 106 valence electrons. The number of hydrogen-bond acceptors (Lipinski definition) is 3. The van der Waals surface area contributed by atoms with Crippen molar-refractivity contribution < 1.29 is 14.3 Å². The lowest BCUT2D eigenvalue weighted by molar-refractivity contribution is -0.131. The molecule has 0 aromatic rings. The zero-order valence-electron chi connectivity index (χ0n) is 11.9. The van der Waals surface area contributed by atoms with E-state index < -0.39 is 5.60 Å². The molecule has 0 aromatic heterocycles. The molecule has 2 rings (SSSR count). The van der Waals surface area contributed by atoms with Gasteiger partial charge in [-0.3, -0.25) is 4.79 Å². The van der Waals surface area contributed by atoms with Gasteiger partial charge >= 0.3 is 6.09 Å². The van der Waals surface area contributed by atoms with Crippen LogP contribution in [0, 0.1) is 0 Å². The van der Waals surface area contributed by atoms with Gasteiger partial charge in [0.1, 0.15) is 5.60 Å². The van der Waals surface area contributed by atoms with Crippen molar-refractivity contribution in [1.29, 1.82) is 0 Å². The fourth-order valence-corrected chi connectivity index (χ4v) is 2.84. The highest BCUT2D eigenvalue weighted by Crippen LogP contribution is 2.31. The second kappa shape index (κ2) is 4.87. The predicted molar refractivity (Wildman–Crippen MR) is 71.7 cm³/mol. The van der Waals surface area contributed by atoms with Crippen molar-refractivity contribution in [1.82, 2.24) is 9.80 Å². The van der Waals surface area contributed by atoms with Crippen LogP contribution in [0.25, 0.3) is 0 Å². The van der Waals surface area contributed by atoms with Crippen molar-refractivity contribution in [3.8, 4) is 0 Å². The molecule has 0 N–H and O–H groups in total. The van der Waals surface area contributed by atoms with Crippen molar-refractivity contribution >= 4 is 12.0 Å². The second-order valence-corrected chi connectivity index (χ2v) is 6.22. The van der Waals surface area contributed by atoms with Crippen LogP contribution in [0.4, 0.5) is 4.79 Å². The molecule has 2 bridgehead atoms. The Bertz CT molecular complexity index is 386. The average Bonchev–Trinajstić information content (AvgIpc) is 2.56. The Morgan fingerprint density at radius 3 is 2.16 bits per heavy atom. The third-order valence-electron chi connectivity index (χ3n) is 3.56. The molecule has 0 spiro atoms. The van der Waals surface area contributed by atoms with Gasteiger partial charge in [0.2, 0.25) is 5.91 Å². The third kappa shape index (κ3) is 2.91. The minimum absolute atomic E-state index is 0.0312. The highest BCUT2D eigenvalue weighted by atomic mass is 16.6. The maximum atomic E-state index is 12.1. The molecule has 5 nitrogen and oxygen atoms in total. The van der Waals surface area contributed by atoms with Gasteiger partial charge in [0.25, 0.3) is 0 Å². The van der Waals surface area contributed by atoms with Gasteiger partial charge in [-0.15, -0.1) is 0 Å². The summed E-state index contributed by atoms with van der Waals surface area (Å²) in [6.07, 6.45) is 2.97. The monoisotopic (exact) mass is 266 g/mol. The molecule has 0 unspecified atom stereocenters. The number of fused-ring (bicyclic) bond motifs is 2. The van der Waals surface area contributed by atoms with Crippen molar-refractivity contribution in [3.05, 3.63) is 12.7 Å². The van der Waals surface area contributed by atoms with E-state index in [1.54, 1.807) is 4.90 Å².